The number of hydrogen-bond donors (Lipinski definition) is 0. The van der Waals surface area contributed by atoms with Crippen LogP contribution >= 0.6 is 0 Å². The van der Waals surface area contributed by atoms with Crippen LogP contribution in [0.15, 0.2) is 59.1 Å². The highest BCUT2D eigenvalue weighted by Crippen LogP contribution is 2.33. The van der Waals surface area contributed by atoms with Crippen molar-refractivity contribution in [2.24, 2.45) is 0 Å². The molecule has 0 radical (unpaired) electrons. The van der Waals surface area contributed by atoms with Crippen LogP contribution in [-0.2, 0) is 16.1 Å². The lowest BCUT2D eigenvalue weighted by Crippen LogP contribution is -2.35. The van der Waals surface area contributed by atoms with Gasteiger partial charge in [0.2, 0.25) is 5.91 Å². The molecule has 32 heavy (non-hydrogen) atoms. The Morgan fingerprint density at radius 2 is 1.81 bits per heavy atom. The van der Waals surface area contributed by atoms with Gasteiger partial charge >= 0.3 is 5.97 Å². The van der Waals surface area contributed by atoms with E-state index in [-0.39, 0.29) is 18.3 Å². The Kier molecular flexibility index (Phi) is 5.68. The smallest absolute Gasteiger partial charge is 0.339 e. The third-order valence-corrected chi connectivity index (χ3v) is 5.93. The van der Waals surface area contributed by atoms with Crippen LogP contribution in [0.25, 0.3) is 11.5 Å². The van der Waals surface area contributed by atoms with Gasteiger partial charge in [0.1, 0.15) is 6.10 Å². The molecule has 3 aromatic rings. The van der Waals surface area contributed by atoms with E-state index in [9.17, 15) is 9.59 Å². The molecule has 2 aromatic carbocycles. The maximum Gasteiger partial charge on any atom is 0.339 e. The Morgan fingerprint density at radius 3 is 2.69 bits per heavy atom. The number of nitrogens with zero attached hydrogens (tertiary/aromatic N) is 4. The van der Waals surface area contributed by atoms with Crippen molar-refractivity contribution in [2.45, 2.75) is 25.5 Å². The van der Waals surface area contributed by atoms with Gasteiger partial charge in [-0.1, -0.05) is 41.6 Å². The van der Waals surface area contributed by atoms with Gasteiger partial charge in [-0.3, -0.25) is 9.69 Å². The van der Waals surface area contributed by atoms with Crippen molar-refractivity contribution >= 4 is 11.9 Å². The highest BCUT2D eigenvalue weighted by molar-refractivity contribution is 5.94. The van der Waals surface area contributed by atoms with Crippen molar-refractivity contribution in [3.05, 3.63) is 71.5 Å². The molecule has 1 saturated heterocycles. The molecule has 164 valence electrons. The van der Waals surface area contributed by atoms with Crippen LogP contribution in [0.4, 0.5) is 0 Å². The van der Waals surface area contributed by atoms with Crippen LogP contribution in [0, 0.1) is 0 Å². The minimum Gasteiger partial charge on any atom is -0.453 e. The Hall–Kier alpha value is -3.52. The normalized spacial score (nSPS) is 18.8. The van der Waals surface area contributed by atoms with E-state index in [4.69, 9.17) is 9.26 Å². The summed E-state index contributed by atoms with van der Waals surface area (Å²) in [6, 6.07) is 17.0. The minimum atomic E-state index is -0.499. The largest absolute Gasteiger partial charge is 0.453 e. The van der Waals surface area contributed by atoms with Crippen molar-refractivity contribution in [3.8, 4) is 11.5 Å². The number of benzene rings is 2. The monoisotopic (exact) mass is 432 g/mol. The number of amides is 1. The molecular weight excluding hydrogens is 408 g/mol. The van der Waals surface area contributed by atoms with Crippen LogP contribution < -0.4 is 0 Å². The average Bonchev–Trinajstić information content (AvgIpc) is 3.32. The van der Waals surface area contributed by atoms with E-state index in [1.54, 1.807) is 12.1 Å². The van der Waals surface area contributed by atoms with Gasteiger partial charge in [-0.25, -0.2) is 4.79 Å². The molecule has 8 heteroatoms. The van der Waals surface area contributed by atoms with Crippen molar-refractivity contribution in [3.63, 3.8) is 0 Å². The lowest BCUT2D eigenvalue weighted by molar-refractivity contribution is -0.133. The van der Waals surface area contributed by atoms with Gasteiger partial charge in [0, 0.05) is 37.3 Å². The van der Waals surface area contributed by atoms with Gasteiger partial charge in [0.15, 0.2) is 5.82 Å². The first kappa shape index (κ1) is 20.4. The molecule has 2 aliphatic rings. The van der Waals surface area contributed by atoms with Crippen LogP contribution in [0.1, 0.15) is 40.7 Å². The molecule has 0 N–H and O–H groups in total. The fraction of sp³-hybridized carbons (Fsp3) is 0.333. The molecule has 1 fully saturated rings. The van der Waals surface area contributed by atoms with E-state index < -0.39 is 6.10 Å². The predicted octanol–water partition coefficient (Wildman–Crippen LogP) is 3.07. The van der Waals surface area contributed by atoms with Gasteiger partial charge in [0.25, 0.3) is 5.89 Å². The molecule has 0 saturated carbocycles. The van der Waals surface area contributed by atoms with Gasteiger partial charge < -0.3 is 14.2 Å². The molecular formula is C24H24N4O4. The zero-order chi connectivity index (χ0) is 21.9. The Balaban J connectivity index is 1.17. The van der Waals surface area contributed by atoms with Gasteiger partial charge in [0.05, 0.1) is 18.5 Å². The molecule has 0 aliphatic carbocycles. The second-order valence-electron chi connectivity index (χ2n) is 8.08. The van der Waals surface area contributed by atoms with E-state index in [1.165, 1.54) is 0 Å². The van der Waals surface area contributed by atoms with Crippen LogP contribution in [0.2, 0.25) is 0 Å². The number of carbonyl (C=O) groups is 2. The molecule has 0 bridgehead atoms. The maximum atomic E-state index is 12.9. The number of cyclic esters (lactones) is 1. The summed E-state index contributed by atoms with van der Waals surface area (Å²) in [5.41, 5.74) is 2.25. The lowest BCUT2D eigenvalue weighted by atomic mass is 10.0. The zero-order valence-electron chi connectivity index (χ0n) is 17.6. The van der Waals surface area contributed by atoms with Crippen molar-refractivity contribution in [2.75, 3.05) is 26.2 Å². The number of fused-ring (bicyclic) bond motifs is 1. The fourth-order valence-electron chi connectivity index (χ4n) is 4.25. The standard InChI is InChI=1S/C24H24N4O4/c29-22(15-20-18-9-4-5-10-19(18)24(30)31-20)28-12-6-11-27(13-14-28)16-21-25-23(32-26-21)17-7-2-1-3-8-17/h1-5,7-10,20H,6,11-16H2. The van der Waals surface area contributed by atoms with Crippen molar-refractivity contribution < 1.29 is 18.8 Å². The van der Waals surface area contributed by atoms with Crippen LogP contribution in [0.3, 0.4) is 0 Å². The summed E-state index contributed by atoms with van der Waals surface area (Å²) < 4.78 is 10.8. The van der Waals surface area contributed by atoms with Gasteiger partial charge in [-0.15, -0.1) is 0 Å². The molecule has 8 nitrogen and oxygen atoms in total. The number of aromatic nitrogens is 2. The lowest BCUT2D eigenvalue weighted by Gasteiger charge is -2.22. The molecule has 2 aliphatic heterocycles. The topological polar surface area (TPSA) is 88.8 Å². The quantitative estimate of drug-likeness (QED) is 0.573. The Labute approximate surface area is 185 Å². The predicted molar refractivity (Wildman–Crippen MR) is 115 cm³/mol. The minimum absolute atomic E-state index is 0.00674. The highest BCUT2D eigenvalue weighted by atomic mass is 16.5. The highest BCUT2D eigenvalue weighted by Gasteiger charge is 2.33. The summed E-state index contributed by atoms with van der Waals surface area (Å²) in [6.45, 7) is 3.44. The first-order chi connectivity index (χ1) is 15.7. The number of carbonyl (C=O) groups excluding carboxylic acids is 2. The first-order valence-electron chi connectivity index (χ1n) is 10.9. The number of rotatable bonds is 5. The zero-order valence-corrected chi connectivity index (χ0v) is 17.6. The van der Waals surface area contributed by atoms with E-state index in [1.807, 2.05) is 47.4 Å². The molecule has 1 aromatic heterocycles. The number of ether oxygens (including phenoxy) is 1. The van der Waals surface area contributed by atoms with Crippen molar-refractivity contribution in [1.29, 1.82) is 0 Å². The van der Waals surface area contributed by atoms with E-state index >= 15 is 0 Å². The second kappa shape index (κ2) is 8.92. The SMILES string of the molecule is O=C1OC(CC(=O)N2CCCN(Cc3noc(-c4ccccc4)n3)CC2)c2ccccc21. The van der Waals surface area contributed by atoms with Crippen LogP contribution in [-0.4, -0.2) is 58.0 Å². The summed E-state index contributed by atoms with van der Waals surface area (Å²) in [7, 11) is 0. The molecule has 0 spiro atoms. The summed E-state index contributed by atoms with van der Waals surface area (Å²) in [5, 5.41) is 4.11. The second-order valence-corrected chi connectivity index (χ2v) is 8.08. The third-order valence-electron chi connectivity index (χ3n) is 5.93. The van der Waals surface area contributed by atoms with Crippen molar-refractivity contribution in [1.82, 2.24) is 19.9 Å². The summed E-state index contributed by atoms with van der Waals surface area (Å²) in [6.07, 6.45) is 0.533. The third kappa shape index (κ3) is 4.27. The summed E-state index contributed by atoms with van der Waals surface area (Å²) >= 11 is 0. The molecule has 1 atom stereocenters. The number of esters is 1. The van der Waals surface area contributed by atoms with E-state index in [0.29, 0.717) is 36.9 Å². The van der Waals surface area contributed by atoms with E-state index in [0.717, 1.165) is 30.6 Å². The van der Waals surface area contributed by atoms with Gasteiger partial charge in [-0.2, -0.15) is 4.98 Å². The number of hydrogen-bond acceptors (Lipinski definition) is 7. The molecule has 1 amide bonds. The summed E-state index contributed by atoms with van der Waals surface area (Å²) in [4.78, 5) is 33.6. The van der Waals surface area contributed by atoms with E-state index in [2.05, 4.69) is 15.0 Å². The Bertz CT molecular complexity index is 1110. The Morgan fingerprint density at radius 1 is 1.00 bits per heavy atom. The van der Waals surface area contributed by atoms with Crippen LogP contribution in [0.5, 0.6) is 0 Å². The van der Waals surface area contributed by atoms with Gasteiger partial charge in [-0.05, 0) is 24.6 Å². The molecule has 3 heterocycles. The molecule has 1 unspecified atom stereocenters. The first-order valence-corrected chi connectivity index (χ1v) is 10.9. The maximum absolute atomic E-state index is 12.9. The molecule has 5 rings (SSSR count). The fourth-order valence-corrected chi connectivity index (χ4v) is 4.25. The summed E-state index contributed by atoms with van der Waals surface area (Å²) in [5.74, 6) is 0.805. The average molecular weight is 432 g/mol.